The fourth-order valence-corrected chi connectivity index (χ4v) is 3.97. The summed E-state index contributed by atoms with van der Waals surface area (Å²) in [5, 5.41) is 7.43. The molecule has 0 bridgehead atoms. The molecule has 0 aliphatic carbocycles. The maximum absolute atomic E-state index is 12.5. The highest BCUT2D eigenvalue weighted by Crippen LogP contribution is 2.28. The Bertz CT molecular complexity index is 734. The highest BCUT2D eigenvalue weighted by atomic mass is 32.2. The van der Waals surface area contributed by atoms with Crippen molar-refractivity contribution in [2.45, 2.75) is 31.8 Å². The summed E-state index contributed by atoms with van der Waals surface area (Å²) in [4.78, 5) is 0. The number of hydrogen-bond acceptors (Lipinski definition) is 6. The van der Waals surface area contributed by atoms with Gasteiger partial charge in [-0.1, -0.05) is 6.92 Å². The minimum atomic E-state index is -3.60. The first-order valence-electron chi connectivity index (χ1n) is 6.87. The molecular formula is C13H17N3O4S. The first-order chi connectivity index (χ1) is 9.96. The van der Waals surface area contributed by atoms with Gasteiger partial charge in [-0.15, -0.1) is 10.2 Å². The minimum absolute atomic E-state index is 0.0811. The molecule has 114 valence electrons. The Morgan fingerprint density at radius 2 is 2.10 bits per heavy atom. The third kappa shape index (κ3) is 2.73. The Balaban J connectivity index is 1.88. The zero-order chi connectivity index (χ0) is 15.0. The van der Waals surface area contributed by atoms with Crippen molar-refractivity contribution < 1.29 is 17.3 Å². The molecule has 3 rings (SSSR count). The van der Waals surface area contributed by atoms with E-state index in [2.05, 4.69) is 17.1 Å². The maximum atomic E-state index is 12.5. The molecule has 1 fully saturated rings. The SMILES string of the molecule is Cc1nnc(-c2ccc(S(=O)(=O)N3CCCC(C)C3)o2)o1. The van der Waals surface area contributed by atoms with Crippen LogP contribution >= 0.6 is 0 Å². The quantitative estimate of drug-likeness (QED) is 0.862. The summed E-state index contributed by atoms with van der Waals surface area (Å²) in [5.41, 5.74) is 0. The van der Waals surface area contributed by atoms with Gasteiger partial charge in [-0.05, 0) is 30.9 Å². The van der Waals surface area contributed by atoms with Gasteiger partial charge in [0.15, 0.2) is 5.76 Å². The molecule has 1 unspecified atom stereocenters. The van der Waals surface area contributed by atoms with Crippen LogP contribution in [0.3, 0.4) is 0 Å². The molecule has 2 aromatic rings. The van der Waals surface area contributed by atoms with Crippen molar-refractivity contribution in [1.29, 1.82) is 0 Å². The predicted octanol–water partition coefficient (Wildman–Crippen LogP) is 2.06. The molecule has 0 saturated carbocycles. The number of furan rings is 1. The topological polar surface area (TPSA) is 89.4 Å². The van der Waals surface area contributed by atoms with E-state index in [1.165, 1.54) is 16.4 Å². The highest BCUT2D eigenvalue weighted by Gasteiger charge is 2.31. The smallest absolute Gasteiger partial charge is 0.283 e. The minimum Gasteiger partial charge on any atom is -0.438 e. The molecule has 0 radical (unpaired) electrons. The number of nitrogens with zero attached hydrogens (tertiary/aromatic N) is 3. The number of hydrogen-bond donors (Lipinski definition) is 0. The van der Waals surface area contributed by atoms with E-state index < -0.39 is 10.0 Å². The van der Waals surface area contributed by atoms with Crippen LogP contribution in [0.2, 0.25) is 0 Å². The number of aromatic nitrogens is 2. The summed E-state index contributed by atoms with van der Waals surface area (Å²) in [6.45, 7) is 4.77. The fourth-order valence-electron chi connectivity index (χ4n) is 2.46. The van der Waals surface area contributed by atoms with E-state index in [0.29, 0.717) is 24.9 Å². The molecule has 21 heavy (non-hydrogen) atoms. The van der Waals surface area contributed by atoms with Gasteiger partial charge in [-0.2, -0.15) is 4.31 Å². The van der Waals surface area contributed by atoms with Gasteiger partial charge >= 0.3 is 0 Å². The zero-order valence-electron chi connectivity index (χ0n) is 11.9. The van der Waals surface area contributed by atoms with Gasteiger partial charge in [-0.25, -0.2) is 8.42 Å². The Hall–Kier alpha value is -1.67. The van der Waals surface area contributed by atoms with Crippen LogP contribution in [0.25, 0.3) is 11.7 Å². The van der Waals surface area contributed by atoms with Crippen molar-refractivity contribution in [3.63, 3.8) is 0 Å². The van der Waals surface area contributed by atoms with Gasteiger partial charge in [0.2, 0.25) is 11.0 Å². The summed E-state index contributed by atoms with van der Waals surface area (Å²) in [5.74, 6) is 1.21. The van der Waals surface area contributed by atoms with E-state index in [-0.39, 0.29) is 16.7 Å². The lowest BCUT2D eigenvalue weighted by atomic mass is 10.0. The molecular weight excluding hydrogens is 294 g/mol. The van der Waals surface area contributed by atoms with Crippen molar-refractivity contribution >= 4 is 10.0 Å². The predicted molar refractivity (Wildman–Crippen MR) is 73.9 cm³/mol. The Morgan fingerprint density at radius 3 is 2.76 bits per heavy atom. The third-order valence-electron chi connectivity index (χ3n) is 3.53. The molecule has 8 heteroatoms. The van der Waals surface area contributed by atoms with Gasteiger partial charge in [-0.3, -0.25) is 0 Å². The summed E-state index contributed by atoms with van der Waals surface area (Å²) >= 11 is 0. The van der Waals surface area contributed by atoms with Crippen LogP contribution in [-0.2, 0) is 10.0 Å². The van der Waals surface area contributed by atoms with E-state index in [1.807, 2.05) is 0 Å². The summed E-state index contributed by atoms with van der Waals surface area (Å²) < 4.78 is 37.2. The van der Waals surface area contributed by atoms with Gasteiger partial charge in [0.05, 0.1) is 0 Å². The first kappa shape index (κ1) is 14.3. The summed E-state index contributed by atoms with van der Waals surface area (Å²) in [6, 6.07) is 2.97. The fraction of sp³-hybridized carbons (Fsp3) is 0.538. The molecule has 3 heterocycles. The average molecular weight is 311 g/mol. The van der Waals surface area contributed by atoms with E-state index in [1.54, 1.807) is 6.92 Å². The molecule has 1 aliphatic rings. The molecule has 0 N–H and O–H groups in total. The maximum Gasteiger partial charge on any atom is 0.283 e. The van der Waals surface area contributed by atoms with Crippen LogP contribution in [0, 0.1) is 12.8 Å². The van der Waals surface area contributed by atoms with Crippen molar-refractivity contribution in [1.82, 2.24) is 14.5 Å². The van der Waals surface area contributed by atoms with Crippen LogP contribution in [0.5, 0.6) is 0 Å². The molecule has 0 spiro atoms. The number of aryl methyl sites for hydroxylation is 1. The lowest BCUT2D eigenvalue weighted by molar-refractivity contribution is 0.275. The van der Waals surface area contributed by atoms with E-state index in [9.17, 15) is 8.42 Å². The largest absolute Gasteiger partial charge is 0.438 e. The second kappa shape index (κ2) is 5.27. The van der Waals surface area contributed by atoms with Crippen molar-refractivity contribution in [2.75, 3.05) is 13.1 Å². The van der Waals surface area contributed by atoms with Gasteiger partial charge < -0.3 is 8.83 Å². The molecule has 7 nitrogen and oxygen atoms in total. The van der Waals surface area contributed by atoms with Crippen LogP contribution < -0.4 is 0 Å². The van der Waals surface area contributed by atoms with E-state index in [0.717, 1.165) is 12.8 Å². The third-order valence-corrected chi connectivity index (χ3v) is 5.27. The molecule has 1 aliphatic heterocycles. The Kier molecular flexibility index (Phi) is 3.58. The van der Waals surface area contributed by atoms with Crippen molar-refractivity contribution in [2.24, 2.45) is 5.92 Å². The van der Waals surface area contributed by atoms with Gasteiger partial charge in [0.1, 0.15) is 0 Å². The van der Waals surface area contributed by atoms with Gasteiger partial charge in [0.25, 0.3) is 15.9 Å². The number of rotatable bonds is 3. The Labute approximate surface area is 123 Å². The second-order valence-electron chi connectivity index (χ2n) is 5.36. The molecule has 2 aromatic heterocycles. The Morgan fingerprint density at radius 1 is 1.29 bits per heavy atom. The molecule has 1 saturated heterocycles. The molecule has 1 atom stereocenters. The van der Waals surface area contributed by atoms with Crippen LogP contribution in [0.15, 0.2) is 26.1 Å². The van der Waals surface area contributed by atoms with E-state index >= 15 is 0 Å². The number of piperidine rings is 1. The first-order valence-corrected chi connectivity index (χ1v) is 8.31. The monoisotopic (exact) mass is 311 g/mol. The van der Waals surface area contributed by atoms with Crippen LogP contribution in [0.4, 0.5) is 0 Å². The van der Waals surface area contributed by atoms with Crippen molar-refractivity contribution in [3.05, 3.63) is 18.0 Å². The van der Waals surface area contributed by atoms with E-state index in [4.69, 9.17) is 8.83 Å². The number of sulfonamides is 1. The standard InChI is InChI=1S/C13H17N3O4S/c1-9-4-3-7-16(8-9)21(17,18)12-6-5-11(20-12)13-15-14-10(2)19-13/h5-6,9H,3-4,7-8H2,1-2H3. The normalized spacial score (nSPS) is 20.8. The lowest BCUT2D eigenvalue weighted by Gasteiger charge is -2.29. The highest BCUT2D eigenvalue weighted by molar-refractivity contribution is 7.89. The molecule has 0 aromatic carbocycles. The average Bonchev–Trinajstić information content (AvgIpc) is 3.07. The molecule has 0 amide bonds. The van der Waals surface area contributed by atoms with Crippen LogP contribution in [-0.4, -0.2) is 36.0 Å². The van der Waals surface area contributed by atoms with Gasteiger partial charge in [0, 0.05) is 20.0 Å². The summed E-state index contributed by atoms with van der Waals surface area (Å²) in [6.07, 6.45) is 1.92. The van der Waals surface area contributed by atoms with Crippen molar-refractivity contribution in [3.8, 4) is 11.7 Å². The zero-order valence-corrected chi connectivity index (χ0v) is 12.8. The van der Waals surface area contributed by atoms with Crippen LogP contribution in [0.1, 0.15) is 25.7 Å². The lowest BCUT2D eigenvalue weighted by Crippen LogP contribution is -2.38. The summed E-state index contributed by atoms with van der Waals surface area (Å²) in [7, 11) is -3.60. The second-order valence-corrected chi connectivity index (χ2v) is 7.22.